The molecule has 0 spiro atoms. The molecule has 2 unspecified atom stereocenters. The number of carbonyl (C=O) groups is 2. The normalized spacial score (nSPS) is 19.2. The van der Waals surface area contributed by atoms with Crippen LogP contribution < -0.4 is 9.80 Å². The second-order valence-corrected chi connectivity index (χ2v) is 5.94. The smallest absolute Gasteiger partial charge is 0.306 e. The maximum Gasteiger partial charge on any atom is 0.306 e. The molecule has 120 valence electrons. The quantitative estimate of drug-likeness (QED) is 0.805. The van der Waals surface area contributed by atoms with Crippen LogP contribution in [0.5, 0.6) is 0 Å². The van der Waals surface area contributed by atoms with E-state index in [1.165, 1.54) is 7.11 Å². The van der Waals surface area contributed by atoms with Gasteiger partial charge < -0.3 is 14.5 Å². The zero-order chi connectivity index (χ0) is 16.3. The van der Waals surface area contributed by atoms with Crippen molar-refractivity contribution in [3.05, 3.63) is 24.3 Å². The number of anilines is 2. The van der Waals surface area contributed by atoms with Crippen molar-refractivity contribution in [2.75, 3.05) is 30.5 Å². The average Bonchev–Trinajstić information content (AvgIpc) is 2.64. The Morgan fingerprint density at radius 1 is 1.32 bits per heavy atom. The predicted molar refractivity (Wildman–Crippen MR) is 87.1 cm³/mol. The highest BCUT2D eigenvalue weighted by molar-refractivity contribution is 6.00. The minimum absolute atomic E-state index is 0.0272. The molecule has 1 amide bonds. The van der Waals surface area contributed by atoms with Crippen LogP contribution in [-0.4, -0.2) is 38.6 Å². The Morgan fingerprint density at radius 2 is 1.95 bits per heavy atom. The topological polar surface area (TPSA) is 49.9 Å². The summed E-state index contributed by atoms with van der Waals surface area (Å²) in [6, 6.07) is 8.01. The summed E-state index contributed by atoms with van der Waals surface area (Å²) < 4.78 is 4.68. The van der Waals surface area contributed by atoms with Crippen LogP contribution in [0.4, 0.5) is 11.4 Å². The first-order valence-electron chi connectivity index (χ1n) is 7.65. The molecule has 0 aromatic heterocycles. The van der Waals surface area contributed by atoms with E-state index in [1.807, 2.05) is 36.2 Å². The monoisotopic (exact) mass is 304 g/mol. The molecule has 1 aliphatic heterocycles. The van der Waals surface area contributed by atoms with Crippen LogP contribution in [0.1, 0.15) is 26.7 Å². The third-order valence-corrected chi connectivity index (χ3v) is 4.24. The van der Waals surface area contributed by atoms with Crippen molar-refractivity contribution >= 4 is 23.3 Å². The Kier molecular flexibility index (Phi) is 5.06. The van der Waals surface area contributed by atoms with Crippen molar-refractivity contribution < 1.29 is 14.3 Å². The standard InChI is InChI=1S/C17H24N2O3/c1-12(11-16(20)22-4)17(21)19-13(2)9-10-18(3)14-7-5-6-8-15(14)19/h5-8,12-13H,9-11H2,1-4H3. The molecular weight excluding hydrogens is 280 g/mol. The molecule has 0 saturated carbocycles. The van der Waals surface area contributed by atoms with Crippen molar-refractivity contribution in [1.29, 1.82) is 0 Å². The molecule has 1 aliphatic rings. The number of methoxy groups -OCH3 is 1. The number of rotatable bonds is 3. The molecule has 0 bridgehead atoms. The molecule has 0 N–H and O–H groups in total. The van der Waals surface area contributed by atoms with Gasteiger partial charge in [0.2, 0.25) is 5.91 Å². The summed E-state index contributed by atoms with van der Waals surface area (Å²) in [7, 11) is 3.38. The average molecular weight is 304 g/mol. The second kappa shape index (κ2) is 6.81. The van der Waals surface area contributed by atoms with E-state index >= 15 is 0 Å². The number of nitrogens with zero attached hydrogens (tertiary/aromatic N) is 2. The van der Waals surface area contributed by atoms with Crippen molar-refractivity contribution in [3.63, 3.8) is 0 Å². The summed E-state index contributed by atoms with van der Waals surface area (Å²) in [5, 5.41) is 0. The summed E-state index contributed by atoms with van der Waals surface area (Å²) in [6.45, 7) is 4.73. The molecule has 0 fully saturated rings. The zero-order valence-corrected chi connectivity index (χ0v) is 13.7. The van der Waals surface area contributed by atoms with Crippen molar-refractivity contribution in [2.24, 2.45) is 5.92 Å². The van der Waals surface area contributed by atoms with Gasteiger partial charge in [-0.05, 0) is 25.5 Å². The fraction of sp³-hybridized carbons (Fsp3) is 0.529. The summed E-state index contributed by atoms with van der Waals surface area (Å²) in [5.74, 6) is -0.777. The van der Waals surface area contributed by atoms with E-state index in [9.17, 15) is 9.59 Å². The molecule has 5 heteroatoms. The van der Waals surface area contributed by atoms with Gasteiger partial charge in [-0.1, -0.05) is 19.1 Å². The molecule has 22 heavy (non-hydrogen) atoms. The van der Waals surface area contributed by atoms with Gasteiger partial charge in [-0.15, -0.1) is 0 Å². The number of amides is 1. The van der Waals surface area contributed by atoms with Crippen molar-refractivity contribution in [1.82, 2.24) is 0 Å². The largest absolute Gasteiger partial charge is 0.469 e. The highest BCUT2D eigenvalue weighted by Gasteiger charge is 2.31. The summed E-state index contributed by atoms with van der Waals surface area (Å²) in [5.41, 5.74) is 1.96. The predicted octanol–water partition coefficient (Wildman–Crippen LogP) is 2.45. The first-order chi connectivity index (χ1) is 10.5. The third-order valence-electron chi connectivity index (χ3n) is 4.24. The fourth-order valence-corrected chi connectivity index (χ4v) is 2.85. The molecule has 5 nitrogen and oxygen atoms in total. The lowest BCUT2D eigenvalue weighted by Gasteiger charge is -2.30. The maximum absolute atomic E-state index is 12.9. The van der Waals surface area contributed by atoms with E-state index < -0.39 is 5.92 Å². The van der Waals surface area contributed by atoms with Gasteiger partial charge in [-0.25, -0.2) is 0 Å². The van der Waals surface area contributed by atoms with Crippen LogP contribution in [0, 0.1) is 5.92 Å². The van der Waals surface area contributed by atoms with E-state index in [0.717, 1.165) is 24.3 Å². The molecule has 0 radical (unpaired) electrons. The number of ether oxygens (including phenoxy) is 1. The van der Waals surface area contributed by atoms with Gasteiger partial charge in [0.15, 0.2) is 0 Å². The van der Waals surface area contributed by atoms with E-state index in [2.05, 4.69) is 16.6 Å². The van der Waals surface area contributed by atoms with Gasteiger partial charge in [-0.3, -0.25) is 9.59 Å². The van der Waals surface area contributed by atoms with Crippen LogP contribution in [-0.2, 0) is 14.3 Å². The maximum atomic E-state index is 12.9. The van der Waals surface area contributed by atoms with Gasteiger partial charge >= 0.3 is 5.97 Å². The van der Waals surface area contributed by atoms with Gasteiger partial charge in [0.25, 0.3) is 0 Å². The molecule has 1 heterocycles. The molecule has 2 rings (SSSR count). The number of para-hydroxylation sites is 2. The van der Waals surface area contributed by atoms with Crippen LogP contribution in [0.3, 0.4) is 0 Å². The highest BCUT2D eigenvalue weighted by Crippen LogP contribution is 2.34. The SMILES string of the molecule is COC(=O)CC(C)C(=O)N1c2ccccc2N(C)CCC1C. The van der Waals surface area contributed by atoms with Crippen molar-refractivity contribution in [2.45, 2.75) is 32.7 Å². The lowest BCUT2D eigenvalue weighted by atomic mass is 10.0. The van der Waals surface area contributed by atoms with Gasteiger partial charge in [0.05, 0.1) is 24.9 Å². The lowest BCUT2D eigenvalue weighted by molar-refractivity contribution is -0.143. The first-order valence-corrected chi connectivity index (χ1v) is 7.65. The van der Waals surface area contributed by atoms with Crippen molar-refractivity contribution in [3.8, 4) is 0 Å². The van der Waals surface area contributed by atoms with E-state index in [4.69, 9.17) is 0 Å². The minimum atomic E-state index is -0.397. The number of carbonyl (C=O) groups excluding carboxylic acids is 2. The Morgan fingerprint density at radius 3 is 2.59 bits per heavy atom. The summed E-state index contributed by atoms with van der Waals surface area (Å²) in [6.07, 6.45) is 0.998. The highest BCUT2D eigenvalue weighted by atomic mass is 16.5. The summed E-state index contributed by atoms with van der Waals surface area (Å²) in [4.78, 5) is 28.3. The van der Waals surface area contributed by atoms with Gasteiger partial charge in [0.1, 0.15) is 0 Å². The number of hydrogen-bond acceptors (Lipinski definition) is 4. The Hall–Kier alpha value is -2.04. The zero-order valence-electron chi connectivity index (χ0n) is 13.7. The summed E-state index contributed by atoms with van der Waals surface area (Å²) >= 11 is 0. The molecule has 2 atom stereocenters. The third kappa shape index (κ3) is 3.24. The van der Waals surface area contributed by atoms with Gasteiger partial charge in [0, 0.05) is 25.6 Å². The van der Waals surface area contributed by atoms with E-state index in [-0.39, 0.29) is 24.3 Å². The number of fused-ring (bicyclic) bond motifs is 1. The van der Waals surface area contributed by atoms with Crippen LogP contribution >= 0.6 is 0 Å². The lowest BCUT2D eigenvalue weighted by Crippen LogP contribution is -2.42. The number of hydrogen-bond donors (Lipinski definition) is 0. The van der Waals surface area contributed by atoms with Crippen LogP contribution in [0.25, 0.3) is 0 Å². The first kappa shape index (κ1) is 16.3. The van der Waals surface area contributed by atoms with E-state index in [0.29, 0.717) is 0 Å². The molecule has 0 aliphatic carbocycles. The number of esters is 1. The Bertz CT molecular complexity index is 559. The number of benzene rings is 1. The fourth-order valence-electron chi connectivity index (χ4n) is 2.85. The Balaban J connectivity index is 2.33. The van der Waals surface area contributed by atoms with E-state index in [1.54, 1.807) is 6.92 Å². The molecule has 1 aromatic rings. The van der Waals surface area contributed by atoms with Gasteiger partial charge in [-0.2, -0.15) is 0 Å². The molecular formula is C17H24N2O3. The molecule has 0 saturated heterocycles. The minimum Gasteiger partial charge on any atom is -0.469 e. The Labute approximate surface area is 131 Å². The molecule has 1 aromatic carbocycles. The van der Waals surface area contributed by atoms with Crippen LogP contribution in [0.15, 0.2) is 24.3 Å². The van der Waals surface area contributed by atoms with Crippen LogP contribution in [0.2, 0.25) is 0 Å². The second-order valence-electron chi connectivity index (χ2n) is 5.94.